The summed E-state index contributed by atoms with van der Waals surface area (Å²) in [6.45, 7) is -1.26. The fourth-order valence-electron chi connectivity index (χ4n) is 1.50. The number of aliphatic hydroxyl groups excluding tert-OH is 1. The molecule has 2 rings (SSSR count). The lowest BCUT2D eigenvalue weighted by Crippen LogP contribution is -2.36. The highest BCUT2D eigenvalue weighted by atomic mass is 79.9. The number of hydrogen-bond donors (Lipinski definition) is 2. The molecule has 0 saturated carbocycles. The topological polar surface area (TPSA) is 64.7 Å². The quantitative estimate of drug-likeness (QED) is 0.893. The summed E-state index contributed by atoms with van der Waals surface area (Å²) < 4.78 is 37.2. The largest absolute Gasteiger partial charge is 0.454 e. The Labute approximate surface area is 104 Å². The van der Waals surface area contributed by atoms with E-state index in [9.17, 15) is 8.78 Å². The van der Waals surface area contributed by atoms with Crippen LogP contribution < -0.4 is 15.2 Å². The standard InChI is InChI=1S/C10H10BrF2NO3/c11-6-2-8-7(16-4-17-8)1-5(6)9(14)10(12,13)3-15/h1-2,9,15H,3-4,14H2/t9-/m1/s1. The SMILES string of the molecule is N[C@H](c1cc2c(cc1Br)OCO2)C(F)(F)CO. The van der Waals surface area contributed by atoms with Crippen molar-refractivity contribution in [1.82, 2.24) is 0 Å². The van der Waals surface area contributed by atoms with Gasteiger partial charge in [0.1, 0.15) is 6.61 Å². The molecule has 0 saturated heterocycles. The first-order chi connectivity index (χ1) is 7.95. The van der Waals surface area contributed by atoms with Crippen LogP contribution in [0, 0.1) is 0 Å². The third-order valence-electron chi connectivity index (χ3n) is 2.49. The second-order valence-corrected chi connectivity index (χ2v) is 4.48. The highest BCUT2D eigenvalue weighted by Gasteiger charge is 2.39. The zero-order valence-corrected chi connectivity index (χ0v) is 10.2. The number of rotatable bonds is 3. The van der Waals surface area contributed by atoms with Crippen molar-refractivity contribution in [2.45, 2.75) is 12.0 Å². The number of benzene rings is 1. The van der Waals surface area contributed by atoms with Gasteiger partial charge in [-0.15, -0.1) is 0 Å². The van der Waals surface area contributed by atoms with E-state index < -0.39 is 18.6 Å². The van der Waals surface area contributed by atoms with E-state index in [1.165, 1.54) is 12.1 Å². The Morgan fingerprint density at radius 1 is 1.41 bits per heavy atom. The highest BCUT2D eigenvalue weighted by molar-refractivity contribution is 9.10. The third kappa shape index (κ3) is 2.22. The molecular formula is C10H10BrF2NO3. The van der Waals surface area contributed by atoms with Crippen LogP contribution in [0.3, 0.4) is 0 Å². The van der Waals surface area contributed by atoms with Crippen LogP contribution in [0.5, 0.6) is 11.5 Å². The van der Waals surface area contributed by atoms with Gasteiger partial charge in [0.15, 0.2) is 11.5 Å². The minimum absolute atomic E-state index is 0.0524. The summed E-state index contributed by atoms with van der Waals surface area (Å²) in [6, 6.07) is 1.29. The highest BCUT2D eigenvalue weighted by Crippen LogP contribution is 2.41. The molecule has 94 valence electrons. The van der Waals surface area contributed by atoms with Crippen LogP contribution in [0.4, 0.5) is 8.78 Å². The Balaban J connectivity index is 2.39. The molecule has 0 aromatic heterocycles. The van der Waals surface area contributed by atoms with Gasteiger partial charge in [-0.25, -0.2) is 8.78 Å². The van der Waals surface area contributed by atoms with Gasteiger partial charge in [0.05, 0.1) is 6.04 Å². The summed E-state index contributed by atoms with van der Waals surface area (Å²) in [5.74, 6) is -2.55. The first kappa shape index (κ1) is 12.5. The number of hydrogen-bond acceptors (Lipinski definition) is 4. The average molecular weight is 310 g/mol. The van der Waals surface area contributed by atoms with E-state index in [0.717, 1.165) is 0 Å². The van der Waals surface area contributed by atoms with Crippen molar-refractivity contribution in [1.29, 1.82) is 0 Å². The van der Waals surface area contributed by atoms with Crippen LogP contribution in [0.25, 0.3) is 0 Å². The molecule has 1 aromatic rings. The fourth-order valence-corrected chi connectivity index (χ4v) is 2.07. The molecule has 1 aliphatic heterocycles. The smallest absolute Gasteiger partial charge is 0.289 e. The van der Waals surface area contributed by atoms with Crippen molar-refractivity contribution < 1.29 is 23.4 Å². The Bertz CT molecular complexity index is 442. The predicted octanol–water partition coefficient (Wildman–Crippen LogP) is 1.81. The first-order valence-corrected chi connectivity index (χ1v) is 5.58. The summed E-state index contributed by atoms with van der Waals surface area (Å²) in [5.41, 5.74) is 5.60. The summed E-state index contributed by atoms with van der Waals surface area (Å²) in [5, 5.41) is 8.61. The molecule has 1 heterocycles. The minimum Gasteiger partial charge on any atom is -0.454 e. The van der Waals surface area contributed by atoms with E-state index >= 15 is 0 Å². The summed E-state index contributed by atoms with van der Waals surface area (Å²) in [7, 11) is 0. The molecule has 7 heteroatoms. The lowest BCUT2D eigenvalue weighted by atomic mass is 10.0. The molecule has 0 spiro atoms. The first-order valence-electron chi connectivity index (χ1n) is 4.79. The van der Waals surface area contributed by atoms with Gasteiger partial charge in [-0.2, -0.15) is 0 Å². The fraction of sp³-hybridized carbons (Fsp3) is 0.400. The lowest BCUT2D eigenvalue weighted by molar-refractivity contribution is -0.0713. The maximum Gasteiger partial charge on any atom is 0.289 e. The van der Waals surface area contributed by atoms with Gasteiger partial charge in [0.25, 0.3) is 5.92 Å². The minimum atomic E-state index is -3.39. The lowest BCUT2D eigenvalue weighted by Gasteiger charge is -2.22. The maximum atomic E-state index is 13.3. The Morgan fingerprint density at radius 2 is 2.00 bits per heavy atom. The van der Waals surface area contributed by atoms with Crippen LogP contribution in [0.15, 0.2) is 16.6 Å². The molecule has 0 amide bonds. The van der Waals surface area contributed by atoms with Gasteiger partial charge in [0.2, 0.25) is 6.79 Å². The Kier molecular flexibility index (Phi) is 3.24. The zero-order chi connectivity index (χ0) is 12.6. The van der Waals surface area contributed by atoms with E-state index in [0.29, 0.717) is 16.0 Å². The number of ether oxygens (including phenoxy) is 2. The Morgan fingerprint density at radius 3 is 2.59 bits per heavy atom. The number of aliphatic hydroxyl groups is 1. The normalized spacial score (nSPS) is 16.1. The molecule has 4 nitrogen and oxygen atoms in total. The van der Waals surface area contributed by atoms with Crippen molar-refractivity contribution in [3.05, 3.63) is 22.2 Å². The summed E-state index contributed by atoms with van der Waals surface area (Å²) >= 11 is 3.14. The van der Waals surface area contributed by atoms with Crippen LogP contribution >= 0.6 is 15.9 Å². The molecule has 1 atom stereocenters. The molecule has 0 unspecified atom stereocenters. The number of alkyl halides is 2. The molecule has 0 bridgehead atoms. The Hall–Kier alpha value is -0.920. The molecule has 0 aliphatic carbocycles. The molecule has 0 fully saturated rings. The molecule has 1 aromatic carbocycles. The number of nitrogens with two attached hydrogens (primary N) is 1. The average Bonchev–Trinajstić information content (AvgIpc) is 2.73. The van der Waals surface area contributed by atoms with E-state index in [1.54, 1.807) is 0 Å². The van der Waals surface area contributed by atoms with Crippen molar-refractivity contribution in [3.8, 4) is 11.5 Å². The second kappa shape index (κ2) is 4.40. The molecule has 17 heavy (non-hydrogen) atoms. The van der Waals surface area contributed by atoms with Crippen LogP contribution in [0.1, 0.15) is 11.6 Å². The molecule has 3 N–H and O–H groups in total. The van der Waals surface area contributed by atoms with Crippen molar-refractivity contribution in [3.63, 3.8) is 0 Å². The van der Waals surface area contributed by atoms with Crippen molar-refractivity contribution in [2.24, 2.45) is 5.73 Å². The van der Waals surface area contributed by atoms with E-state index in [1.807, 2.05) is 0 Å². The van der Waals surface area contributed by atoms with Crippen LogP contribution in [-0.4, -0.2) is 24.4 Å². The number of fused-ring (bicyclic) bond motifs is 1. The number of halogens is 3. The van der Waals surface area contributed by atoms with Gasteiger partial charge in [0, 0.05) is 4.47 Å². The second-order valence-electron chi connectivity index (χ2n) is 3.62. The monoisotopic (exact) mass is 309 g/mol. The van der Waals surface area contributed by atoms with Crippen molar-refractivity contribution >= 4 is 15.9 Å². The van der Waals surface area contributed by atoms with Gasteiger partial charge < -0.3 is 20.3 Å². The van der Waals surface area contributed by atoms with Crippen molar-refractivity contribution in [2.75, 3.05) is 13.4 Å². The molecular weight excluding hydrogens is 300 g/mol. The third-order valence-corrected chi connectivity index (χ3v) is 3.18. The zero-order valence-electron chi connectivity index (χ0n) is 8.62. The van der Waals surface area contributed by atoms with E-state index in [-0.39, 0.29) is 12.4 Å². The van der Waals surface area contributed by atoms with Crippen LogP contribution in [-0.2, 0) is 0 Å². The maximum absolute atomic E-state index is 13.3. The van der Waals surface area contributed by atoms with E-state index in [4.69, 9.17) is 20.3 Å². The molecule has 0 radical (unpaired) electrons. The van der Waals surface area contributed by atoms with Crippen LogP contribution in [0.2, 0.25) is 0 Å². The van der Waals surface area contributed by atoms with Gasteiger partial charge in [-0.3, -0.25) is 0 Å². The van der Waals surface area contributed by atoms with Gasteiger partial charge >= 0.3 is 0 Å². The predicted molar refractivity (Wildman–Crippen MR) is 59.2 cm³/mol. The molecule has 1 aliphatic rings. The summed E-state index contributed by atoms with van der Waals surface area (Å²) in [4.78, 5) is 0. The summed E-state index contributed by atoms with van der Waals surface area (Å²) in [6.07, 6.45) is 0. The van der Waals surface area contributed by atoms with Gasteiger partial charge in [-0.05, 0) is 17.7 Å². The van der Waals surface area contributed by atoms with E-state index in [2.05, 4.69) is 15.9 Å². The van der Waals surface area contributed by atoms with Gasteiger partial charge in [-0.1, -0.05) is 15.9 Å².